The first-order valence-electron chi connectivity index (χ1n) is 9.17. The zero-order valence-corrected chi connectivity index (χ0v) is 16.6. The molecule has 0 aliphatic carbocycles. The maximum absolute atomic E-state index is 12.2. The number of ether oxygens (including phenoxy) is 1. The number of methoxy groups -OCH3 is 1. The molecule has 1 N–H and O–H groups in total. The van der Waals surface area contributed by atoms with Crippen molar-refractivity contribution in [2.75, 3.05) is 19.1 Å². The SMILES string of the molecule is COc1ccc(C(=O)N/N=C\c2ccc3c(c2)[C@H](C)CC(C)(C)N3C)cc1. The average molecular weight is 365 g/mol. The van der Waals surface area contributed by atoms with E-state index >= 15 is 0 Å². The van der Waals surface area contributed by atoms with Crippen LogP contribution in [0.1, 0.15) is 54.6 Å². The summed E-state index contributed by atoms with van der Waals surface area (Å²) in [5.41, 5.74) is 6.82. The van der Waals surface area contributed by atoms with E-state index in [1.807, 2.05) is 6.07 Å². The van der Waals surface area contributed by atoms with Crippen LogP contribution in [0.25, 0.3) is 0 Å². The Kier molecular flexibility index (Phi) is 5.22. The van der Waals surface area contributed by atoms with Crippen LogP contribution >= 0.6 is 0 Å². The van der Waals surface area contributed by atoms with Gasteiger partial charge in [0.05, 0.1) is 13.3 Å². The minimum atomic E-state index is -0.248. The first kappa shape index (κ1) is 19.0. The van der Waals surface area contributed by atoms with Crippen molar-refractivity contribution in [3.8, 4) is 5.75 Å². The lowest BCUT2D eigenvalue weighted by Crippen LogP contribution is -2.45. The fraction of sp³-hybridized carbons (Fsp3) is 0.364. The number of hydrogen-bond acceptors (Lipinski definition) is 4. The van der Waals surface area contributed by atoms with Gasteiger partial charge in [-0.25, -0.2) is 5.43 Å². The van der Waals surface area contributed by atoms with Crippen molar-refractivity contribution in [3.05, 3.63) is 59.2 Å². The van der Waals surface area contributed by atoms with Crippen LogP contribution in [0.15, 0.2) is 47.6 Å². The molecule has 1 atom stereocenters. The highest BCUT2D eigenvalue weighted by molar-refractivity contribution is 5.95. The van der Waals surface area contributed by atoms with E-state index in [1.165, 1.54) is 11.3 Å². The van der Waals surface area contributed by atoms with Crippen LogP contribution in [0.2, 0.25) is 0 Å². The van der Waals surface area contributed by atoms with Gasteiger partial charge in [0.1, 0.15) is 5.75 Å². The van der Waals surface area contributed by atoms with E-state index in [4.69, 9.17) is 4.74 Å². The number of carbonyl (C=O) groups excluding carboxylic acids is 1. The zero-order chi connectivity index (χ0) is 19.6. The van der Waals surface area contributed by atoms with Crippen LogP contribution < -0.4 is 15.1 Å². The van der Waals surface area contributed by atoms with Crippen molar-refractivity contribution in [2.45, 2.75) is 38.6 Å². The van der Waals surface area contributed by atoms with E-state index in [2.05, 4.69) is 55.4 Å². The summed E-state index contributed by atoms with van der Waals surface area (Å²) in [6.07, 6.45) is 2.79. The van der Waals surface area contributed by atoms with Crippen LogP contribution in [0.3, 0.4) is 0 Å². The smallest absolute Gasteiger partial charge is 0.271 e. The summed E-state index contributed by atoms with van der Waals surface area (Å²) in [5.74, 6) is 0.946. The van der Waals surface area contributed by atoms with Crippen molar-refractivity contribution < 1.29 is 9.53 Å². The summed E-state index contributed by atoms with van der Waals surface area (Å²) in [6.45, 7) is 6.81. The largest absolute Gasteiger partial charge is 0.497 e. The first-order valence-corrected chi connectivity index (χ1v) is 9.17. The quantitative estimate of drug-likeness (QED) is 0.653. The topological polar surface area (TPSA) is 53.9 Å². The van der Waals surface area contributed by atoms with Crippen LogP contribution in [-0.4, -0.2) is 31.8 Å². The molecule has 0 fully saturated rings. The van der Waals surface area contributed by atoms with Gasteiger partial charge in [-0.15, -0.1) is 0 Å². The molecule has 1 amide bonds. The number of benzene rings is 2. The molecule has 0 saturated carbocycles. The van der Waals surface area contributed by atoms with Gasteiger partial charge in [-0.1, -0.05) is 13.0 Å². The van der Waals surface area contributed by atoms with Gasteiger partial charge in [-0.2, -0.15) is 5.10 Å². The van der Waals surface area contributed by atoms with E-state index < -0.39 is 0 Å². The molecule has 0 bridgehead atoms. The van der Waals surface area contributed by atoms with Gasteiger partial charge in [0, 0.05) is 23.8 Å². The number of fused-ring (bicyclic) bond motifs is 1. The molecule has 2 aromatic carbocycles. The summed E-state index contributed by atoms with van der Waals surface area (Å²) in [7, 11) is 3.74. The number of hydrogen-bond donors (Lipinski definition) is 1. The van der Waals surface area contributed by atoms with E-state index in [0.717, 1.165) is 12.0 Å². The van der Waals surface area contributed by atoms with Crippen molar-refractivity contribution in [2.24, 2.45) is 5.10 Å². The molecule has 1 aliphatic rings. The Morgan fingerprint density at radius 2 is 1.96 bits per heavy atom. The highest BCUT2D eigenvalue weighted by Gasteiger charge is 2.33. The van der Waals surface area contributed by atoms with Gasteiger partial charge < -0.3 is 9.64 Å². The van der Waals surface area contributed by atoms with Gasteiger partial charge in [0.2, 0.25) is 0 Å². The summed E-state index contributed by atoms with van der Waals surface area (Å²) in [6, 6.07) is 13.3. The Balaban J connectivity index is 1.71. The summed E-state index contributed by atoms with van der Waals surface area (Å²) >= 11 is 0. The number of amides is 1. The average Bonchev–Trinajstić information content (AvgIpc) is 2.66. The van der Waals surface area contributed by atoms with Crippen molar-refractivity contribution in [3.63, 3.8) is 0 Å². The second-order valence-electron chi connectivity index (χ2n) is 7.72. The highest BCUT2D eigenvalue weighted by atomic mass is 16.5. The van der Waals surface area contributed by atoms with E-state index in [1.54, 1.807) is 37.6 Å². The predicted octanol–water partition coefficient (Wildman–Crippen LogP) is 4.18. The molecule has 27 heavy (non-hydrogen) atoms. The summed E-state index contributed by atoms with van der Waals surface area (Å²) < 4.78 is 5.10. The number of hydrazone groups is 1. The maximum Gasteiger partial charge on any atom is 0.271 e. The molecule has 3 rings (SSSR count). The number of rotatable bonds is 4. The Bertz CT molecular complexity index is 856. The molecule has 1 aliphatic heterocycles. The Morgan fingerprint density at radius 1 is 1.26 bits per heavy atom. The number of nitrogens with zero attached hydrogens (tertiary/aromatic N) is 2. The lowest BCUT2D eigenvalue weighted by atomic mass is 9.80. The first-order chi connectivity index (χ1) is 12.8. The molecule has 1 heterocycles. The van der Waals surface area contributed by atoms with E-state index in [-0.39, 0.29) is 11.4 Å². The second-order valence-corrected chi connectivity index (χ2v) is 7.72. The minimum absolute atomic E-state index is 0.147. The Hall–Kier alpha value is -2.82. The van der Waals surface area contributed by atoms with Crippen LogP contribution in [-0.2, 0) is 0 Å². The van der Waals surface area contributed by atoms with E-state index in [0.29, 0.717) is 17.2 Å². The van der Waals surface area contributed by atoms with Crippen LogP contribution in [0.4, 0.5) is 5.69 Å². The standard InChI is InChI=1S/C22H27N3O2/c1-15-13-22(2,3)25(4)20-11-6-16(12-19(15)20)14-23-24-21(26)17-7-9-18(27-5)10-8-17/h6-12,14-15H,13H2,1-5H3,(H,24,26)/b23-14-/t15-/m1/s1. The van der Waals surface area contributed by atoms with Gasteiger partial charge >= 0.3 is 0 Å². The molecule has 142 valence electrons. The summed E-state index contributed by atoms with van der Waals surface area (Å²) in [4.78, 5) is 14.5. The molecule has 0 saturated heterocycles. The molecule has 5 nitrogen and oxygen atoms in total. The Morgan fingerprint density at radius 3 is 2.63 bits per heavy atom. The summed E-state index contributed by atoms with van der Waals surface area (Å²) in [5, 5.41) is 4.11. The van der Waals surface area contributed by atoms with Gasteiger partial charge in [0.15, 0.2) is 0 Å². The van der Waals surface area contributed by atoms with Gasteiger partial charge in [-0.3, -0.25) is 4.79 Å². The Labute approximate surface area is 161 Å². The fourth-order valence-corrected chi connectivity index (χ4v) is 3.65. The maximum atomic E-state index is 12.2. The van der Waals surface area contributed by atoms with Gasteiger partial charge in [0.25, 0.3) is 5.91 Å². The molecule has 0 unspecified atom stereocenters. The number of anilines is 1. The number of nitrogens with one attached hydrogen (secondary N) is 1. The molecule has 0 aromatic heterocycles. The predicted molar refractivity (Wildman–Crippen MR) is 110 cm³/mol. The molecule has 2 aromatic rings. The molecule has 0 radical (unpaired) electrons. The zero-order valence-electron chi connectivity index (χ0n) is 16.6. The molecule has 0 spiro atoms. The number of carbonyl (C=O) groups is 1. The molecular weight excluding hydrogens is 338 g/mol. The molecule has 5 heteroatoms. The van der Waals surface area contributed by atoms with Crippen molar-refractivity contribution >= 4 is 17.8 Å². The van der Waals surface area contributed by atoms with Crippen LogP contribution in [0, 0.1) is 0 Å². The van der Waals surface area contributed by atoms with Crippen molar-refractivity contribution in [1.82, 2.24) is 5.43 Å². The normalized spacial score (nSPS) is 18.3. The minimum Gasteiger partial charge on any atom is -0.497 e. The molecular formula is C22H27N3O2. The lowest BCUT2D eigenvalue weighted by molar-refractivity contribution is 0.0955. The third-order valence-corrected chi connectivity index (χ3v) is 5.39. The van der Waals surface area contributed by atoms with E-state index in [9.17, 15) is 4.79 Å². The second kappa shape index (κ2) is 7.43. The lowest BCUT2D eigenvalue weighted by Gasteiger charge is -2.45. The van der Waals surface area contributed by atoms with Gasteiger partial charge in [-0.05, 0) is 73.7 Å². The highest BCUT2D eigenvalue weighted by Crippen LogP contribution is 2.42. The fourth-order valence-electron chi connectivity index (χ4n) is 3.65. The van der Waals surface area contributed by atoms with Crippen LogP contribution in [0.5, 0.6) is 5.75 Å². The third kappa shape index (κ3) is 3.97. The third-order valence-electron chi connectivity index (χ3n) is 5.39. The van der Waals surface area contributed by atoms with Crippen molar-refractivity contribution in [1.29, 1.82) is 0 Å². The monoisotopic (exact) mass is 365 g/mol.